The van der Waals surface area contributed by atoms with E-state index in [1.165, 1.54) is 6.08 Å². The molecule has 162 valence electrons. The molecule has 33 heavy (non-hydrogen) atoms. The number of aromatic nitrogens is 3. The lowest BCUT2D eigenvalue weighted by Crippen LogP contribution is -2.20. The molecule has 1 aliphatic rings. The molecule has 1 atom stereocenters. The Bertz CT molecular complexity index is 1330. The van der Waals surface area contributed by atoms with Crippen LogP contribution in [-0.4, -0.2) is 20.7 Å². The smallest absolute Gasteiger partial charge is 0.250 e. The standard InChI is InChI=1S/C26H20ClN5O/c27-21-14-11-18(12-15-21)13-16-24(33)29-25-30-26-28-22(19-7-3-1-4-8-19)17-23(32(26)31-25)20-9-5-2-6-10-20/h1-17,23H,(H2,28,29,30,31,33)/b16-13+. The van der Waals surface area contributed by atoms with Gasteiger partial charge in [0.2, 0.25) is 5.95 Å². The van der Waals surface area contributed by atoms with E-state index in [0.717, 1.165) is 22.4 Å². The van der Waals surface area contributed by atoms with Gasteiger partial charge in [0.05, 0.1) is 0 Å². The number of allylic oxidation sites excluding steroid dienone is 1. The Morgan fingerprint density at radius 3 is 2.39 bits per heavy atom. The summed E-state index contributed by atoms with van der Waals surface area (Å²) in [6, 6.07) is 27.2. The Kier molecular flexibility index (Phi) is 5.74. The maximum absolute atomic E-state index is 12.5. The average molecular weight is 454 g/mol. The summed E-state index contributed by atoms with van der Waals surface area (Å²) in [6.45, 7) is 0. The third-order valence-corrected chi connectivity index (χ3v) is 5.48. The molecule has 0 saturated heterocycles. The van der Waals surface area contributed by atoms with Crippen molar-refractivity contribution < 1.29 is 4.79 Å². The summed E-state index contributed by atoms with van der Waals surface area (Å²) < 4.78 is 1.78. The monoisotopic (exact) mass is 453 g/mol. The minimum Gasteiger partial charge on any atom is -0.324 e. The number of anilines is 2. The topological polar surface area (TPSA) is 71.8 Å². The Labute approximate surface area is 196 Å². The zero-order chi connectivity index (χ0) is 22.6. The Hall–Kier alpha value is -4.16. The molecule has 0 spiro atoms. The number of carbonyl (C=O) groups is 1. The van der Waals surface area contributed by atoms with Crippen molar-refractivity contribution in [2.24, 2.45) is 0 Å². The molecule has 6 nitrogen and oxygen atoms in total. The predicted molar refractivity (Wildman–Crippen MR) is 132 cm³/mol. The van der Waals surface area contributed by atoms with Crippen LogP contribution in [0, 0.1) is 0 Å². The van der Waals surface area contributed by atoms with Gasteiger partial charge in [-0.2, -0.15) is 4.98 Å². The van der Waals surface area contributed by atoms with Crippen molar-refractivity contribution in [3.63, 3.8) is 0 Å². The van der Waals surface area contributed by atoms with Crippen LogP contribution in [0.5, 0.6) is 0 Å². The summed E-state index contributed by atoms with van der Waals surface area (Å²) in [4.78, 5) is 17.0. The minimum atomic E-state index is -0.319. The van der Waals surface area contributed by atoms with Gasteiger partial charge in [-0.1, -0.05) is 84.4 Å². The van der Waals surface area contributed by atoms with E-state index < -0.39 is 0 Å². The summed E-state index contributed by atoms with van der Waals surface area (Å²) in [5, 5.41) is 11.3. The summed E-state index contributed by atoms with van der Waals surface area (Å²) in [7, 11) is 0. The van der Waals surface area contributed by atoms with Crippen LogP contribution in [0.15, 0.2) is 97.1 Å². The summed E-state index contributed by atoms with van der Waals surface area (Å²) in [5.74, 6) is 0.467. The Morgan fingerprint density at radius 2 is 1.67 bits per heavy atom. The van der Waals surface area contributed by atoms with Gasteiger partial charge in [0.25, 0.3) is 11.9 Å². The molecular formula is C26H20ClN5O. The van der Waals surface area contributed by atoms with Crippen LogP contribution < -0.4 is 10.6 Å². The van der Waals surface area contributed by atoms with Crippen LogP contribution in [-0.2, 0) is 4.79 Å². The second kappa shape index (κ2) is 9.14. The van der Waals surface area contributed by atoms with Crippen molar-refractivity contribution in [1.29, 1.82) is 0 Å². The maximum atomic E-state index is 12.5. The van der Waals surface area contributed by atoms with Crippen molar-refractivity contribution in [1.82, 2.24) is 14.8 Å². The summed E-state index contributed by atoms with van der Waals surface area (Å²) in [5.41, 5.74) is 3.92. The van der Waals surface area contributed by atoms with E-state index in [-0.39, 0.29) is 17.9 Å². The number of halogens is 1. The highest BCUT2D eigenvalue weighted by Gasteiger charge is 2.25. The number of amides is 1. The molecule has 0 bridgehead atoms. The quantitative estimate of drug-likeness (QED) is 0.383. The number of nitrogens with one attached hydrogen (secondary N) is 2. The Morgan fingerprint density at radius 1 is 0.970 bits per heavy atom. The fraction of sp³-hybridized carbons (Fsp3) is 0.0385. The lowest BCUT2D eigenvalue weighted by atomic mass is 10.0. The molecule has 0 radical (unpaired) electrons. The second-order valence-corrected chi connectivity index (χ2v) is 7.94. The number of hydrogen-bond acceptors (Lipinski definition) is 4. The van der Waals surface area contributed by atoms with E-state index >= 15 is 0 Å². The van der Waals surface area contributed by atoms with Crippen LogP contribution in [0.3, 0.4) is 0 Å². The largest absolute Gasteiger partial charge is 0.324 e. The van der Waals surface area contributed by atoms with Crippen molar-refractivity contribution in [2.45, 2.75) is 6.04 Å². The highest BCUT2D eigenvalue weighted by molar-refractivity contribution is 6.30. The summed E-state index contributed by atoms with van der Waals surface area (Å²) in [6.07, 6.45) is 5.26. The molecule has 0 fully saturated rings. The molecule has 1 aromatic heterocycles. The van der Waals surface area contributed by atoms with Gasteiger partial charge < -0.3 is 5.32 Å². The molecule has 5 rings (SSSR count). The van der Waals surface area contributed by atoms with Gasteiger partial charge in [-0.3, -0.25) is 10.1 Å². The third-order valence-electron chi connectivity index (χ3n) is 5.22. The van der Waals surface area contributed by atoms with Gasteiger partial charge in [-0.05, 0) is 41.0 Å². The molecule has 0 saturated carbocycles. The zero-order valence-corrected chi connectivity index (χ0v) is 18.3. The van der Waals surface area contributed by atoms with Crippen LogP contribution in [0.25, 0.3) is 11.8 Å². The molecule has 1 unspecified atom stereocenters. The van der Waals surface area contributed by atoms with E-state index in [0.29, 0.717) is 11.0 Å². The van der Waals surface area contributed by atoms with E-state index in [9.17, 15) is 4.79 Å². The van der Waals surface area contributed by atoms with Gasteiger partial charge in [0.15, 0.2) is 0 Å². The van der Waals surface area contributed by atoms with E-state index in [1.807, 2.05) is 72.8 Å². The van der Waals surface area contributed by atoms with Gasteiger partial charge in [-0.25, -0.2) is 4.68 Å². The lowest BCUT2D eigenvalue weighted by molar-refractivity contribution is -0.111. The number of carbonyl (C=O) groups excluding carboxylic acids is 1. The predicted octanol–water partition coefficient (Wildman–Crippen LogP) is 5.64. The van der Waals surface area contributed by atoms with Gasteiger partial charge in [0, 0.05) is 16.8 Å². The van der Waals surface area contributed by atoms with E-state index in [4.69, 9.17) is 11.6 Å². The average Bonchev–Trinajstić information content (AvgIpc) is 3.26. The number of nitrogens with zero attached hydrogens (tertiary/aromatic N) is 3. The van der Waals surface area contributed by atoms with Gasteiger partial charge >= 0.3 is 0 Å². The maximum Gasteiger partial charge on any atom is 0.250 e. The van der Waals surface area contributed by atoms with Crippen molar-refractivity contribution in [3.8, 4) is 0 Å². The number of benzene rings is 3. The van der Waals surface area contributed by atoms with Crippen molar-refractivity contribution in [3.05, 3.63) is 119 Å². The first-order valence-electron chi connectivity index (χ1n) is 10.5. The number of fused-ring (bicyclic) bond motifs is 1. The van der Waals surface area contributed by atoms with Crippen molar-refractivity contribution >= 4 is 41.2 Å². The first kappa shape index (κ1) is 20.7. The van der Waals surface area contributed by atoms with E-state index in [2.05, 4.69) is 26.8 Å². The van der Waals surface area contributed by atoms with Crippen LogP contribution in [0.4, 0.5) is 11.9 Å². The Balaban J connectivity index is 1.41. The highest BCUT2D eigenvalue weighted by Crippen LogP contribution is 2.33. The first-order chi connectivity index (χ1) is 16.2. The first-order valence-corrected chi connectivity index (χ1v) is 10.8. The molecule has 7 heteroatoms. The lowest BCUT2D eigenvalue weighted by Gasteiger charge is -2.24. The molecule has 4 aromatic rings. The van der Waals surface area contributed by atoms with Gasteiger partial charge in [-0.15, -0.1) is 5.10 Å². The highest BCUT2D eigenvalue weighted by atomic mass is 35.5. The normalized spacial score (nSPS) is 14.9. The summed E-state index contributed by atoms with van der Waals surface area (Å²) >= 11 is 5.90. The fourth-order valence-corrected chi connectivity index (χ4v) is 3.74. The van der Waals surface area contributed by atoms with Crippen molar-refractivity contribution in [2.75, 3.05) is 10.6 Å². The second-order valence-electron chi connectivity index (χ2n) is 7.50. The van der Waals surface area contributed by atoms with E-state index in [1.54, 1.807) is 22.9 Å². The molecule has 0 aliphatic carbocycles. The molecule has 1 amide bonds. The SMILES string of the molecule is O=C(/C=C/c1ccc(Cl)cc1)Nc1nc2n(n1)C(c1ccccc1)C=C(c1ccccc1)N2. The molecule has 2 heterocycles. The molecular weight excluding hydrogens is 434 g/mol. The minimum absolute atomic E-state index is 0.166. The number of rotatable bonds is 5. The van der Waals surface area contributed by atoms with Gasteiger partial charge in [0.1, 0.15) is 6.04 Å². The molecule has 1 aliphatic heterocycles. The van der Waals surface area contributed by atoms with Crippen LogP contribution >= 0.6 is 11.6 Å². The molecule has 3 aromatic carbocycles. The van der Waals surface area contributed by atoms with Crippen LogP contribution in [0.1, 0.15) is 22.7 Å². The fourth-order valence-electron chi connectivity index (χ4n) is 3.62. The number of hydrogen-bond donors (Lipinski definition) is 2. The van der Waals surface area contributed by atoms with Crippen LogP contribution in [0.2, 0.25) is 5.02 Å². The zero-order valence-electron chi connectivity index (χ0n) is 17.5. The third kappa shape index (κ3) is 4.71. The molecule has 2 N–H and O–H groups in total.